The molecule has 1 heteroatoms. The Morgan fingerprint density at radius 1 is 1.00 bits per heavy atom. The van der Waals surface area contributed by atoms with Gasteiger partial charge in [0.15, 0.2) is 0 Å². The van der Waals surface area contributed by atoms with Gasteiger partial charge in [-0.1, -0.05) is 25.7 Å². The predicted octanol–water partition coefficient (Wildman–Crippen LogP) is 1.91. The minimum Gasteiger partial charge on any atom is -0.390 e. The monoisotopic (exact) mass is 127 g/mol. The molecule has 0 spiro atoms. The molecular weight excluding hydrogens is 112 g/mol. The fourth-order valence-electron chi connectivity index (χ4n) is 1.39. The molecule has 0 aromatic carbocycles. The maximum atomic E-state index is 9.44. The summed E-state index contributed by atoms with van der Waals surface area (Å²) in [7, 11) is 0. The second-order valence-electron chi connectivity index (χ2n) is 3.14. The van der Waals surface area contributed by atoms with E-state index in [4.69, 9.17) is 0 Å². The topological polar surface area (TPSA) is 20.2 Å². The van der Waals surface area contributed by atoms with Crippen LogP contribution in [0.3, 0.4) is 0 Å². The molecular formula is C8H15O. The average Bonchev–Trinajstić information content (AvgIpc) is 1.92. The third-order valence-electron chi connectivity index (χ3n) is 2.03. The van der Waals surface area contributed by atoms with Gasteiger partial charge in [-0.05, 0) is 19.8 Å². The van der Waals surface area contributed by atoms with Gasteiger partial charge in [-0.15, -0.1) is 0 Å². The van der Waals surface area contributed by atoms with Crippen LogP contribution in [0.15, 0.2) is 0 Å². The molecule has 1 N–H and O–H groups in total. The van der Waals surface area contributed by atoms with Gasteiger partial charge in [0.05, 0.1) is 5.60 Å². The van der Waals surface area contributed by atoms with Crippen LogP contribution >= 0.6 is 0 Å². The van der Waals surface area contributed by atoms with Crippen molar-refractivity contribution in [3.63, 3.8) is 0 Å². The first-order valence-corrected chi connectivity index (χ1v) is 3.78. The van der Waals surface area contributed by atoms with Gasteiger partial charge in [0.2, 0.25) is 0 Å². The van der Waals surface area contributed by atoms with Crippen molar-refractivity contribution in [3.8, 4) is 0 Å². The van der Waals surface area contributed by atoms with Crippen LogP contribution in [-0.4, -0.2) is 10.7 Å². The molecule has 1 saturated carbocycles. The van der Waals surface area contributed by atoms with Gasteiger partial charge in [-0.2, -0.15) is 0 Å². The molecule has 0 saturated heterocycles. The van der Waals surface area contributed by atoms with E-state index in [2.05, 4.69) is 6.92 Å². The zero-order chi connectivity index (χ0) is 6.74. The molecule has 0 amide bonds. The smallest absolute Gasteiger partial charge is 0.0648 e. The molecule has 9 heavy (non-hydrogen) atoms. The molecule has 1 aliphatic rings. The van der Waals surface area contributed by atoms with Gasteiger partial charge in [0, 0.05) is 0 Å². The van der Waals surface area contributed by atoms with Gasteiger partial charge >= 0.3 is 0 Å². The average molecular weight is 127 g/mol. The summed E-state index contributed by atoms with van der Waals surface area (Å²) in [6.45, 7) is 3.74. The summed E-state index contributed by atoms with van der Waals surface area (Å²) in [5.41, 5.74) is -0.587. The number of hydrogen-bond donors (Lipinski definition) is 1. The van der Waals surface area contributed by atoms with Crippen LogP contribution in [0, 0.1) is 6.92 Å². The Morgan fingerprint density at radius 3 is 1.89 bits per heavy atom. The van der Waals surface area contributed by atoms with Crippen molar-refractivity contribution in [1.82, 2.24) is 0 Å². The van der Waals surface area contributed by atoms with E-state index in [1.54, 1.807) is 0 Å². The highest BCUT2D eigenvalue weighted by atomic mass is 16.3. The van der Waals surface area contributed by atoms with Crippen LogP contribution in [0.25, 0.3) is 0 Å². The van der Waals surface area contributed by atoms with E-state index in [1.165, 1.54) is 12.8 Å². The summed E-state index contributed by atoms with van der Waals surface area (Å²) in [6.07, 6.45) is 6.65. The SMILES string of the molecule is [CH2]C1(O)CCCCCC1. The fraction of sp³-hybridized carbons (Fsp3) is 0.875. The molecule has 0 aliphatic heterocycles. The molecule has 1 fully saturated rings. The highest BCUT2D eigenvalue weighted by Crippen LogP contribution is 2.25. The second kappa shape index (κ2) is 2.70. The Balaban J connectivity index is 2.36. The van der Waals surface area contributed by atoms with E-state index in [-0.39, 0.29) is 0 Å². The Kier molecular flexibility index (Phi) is 2.12. The molecule has 0 heterocycles. The van der Waals surface area contributed by atoms with Gasteiger partial charge in [0.25, 0.3) is 0 Å². The molecule has 0 atom stereocenters. The summed E-state index contributed by atoms with van der Waals surface area (Å²) in [6, 6.07) is 0. The van der Waals surface area contributed by atoms with Crippen molar-refractivity contribution in [3.05, 3.63) is 6.92 Å². The molecule has 1 aliphatic carbocycles. The minimum absolute atomic E-state index is 0.587. The third-order valence-corrected chi connectivity index (χ3v) is 2.03. The van der Waals surface area contributed by atoms with Crippen LogP contribution in [0.5, 0.6) is 0 Å². The lowest BCUT2D eigenvalue weighted by molar-refractivity contribution is 0.0717. The van der Waals surface area contributed by atoms with Crippen molar-refractivity contribution < 1.29 is 5.11 Å². The van der Waals surface area contributed by atoms with Crippen molar-refractivity contribution in [1.29, 1.82) is 0 Å². The van der Waals surface area contributed by atoms with E-state index in [0.717, 1.165) is 25.7 Å². The summed E-state index contributed by atoms with van der Waals surface area (Å²) >= 11 is 0. The minimum atomic E-state index is -0.587. The van der Waals surface area contributed by atoms with Gasteiger partial charge in [0.1, 0.15) is 0 Å². The van der Waals surface area contributed by atoms with Crippen LogP contribution in [0.4, 0.5) is 0 Å². The van der Waals surface area contributed by atoms with Gasteiger partial charge < -0.3 is 5.11 Å². The van der Waals surface area contributed by atoms with E-state index < -0.39 is 5.60 Å². The molecule has 53 valence electrons. The zero-order valence-electron chi connectivity index (χ0n) is 5.90. The molecule has 0 aromatic heterocycles. The Hall–Kier alpha value is -0.0400. The largest absolute Gasteiger partial charge is 0.390 e. The predicted molar refractivity (Wildman–Crippen MR) is 38.0 cm³/mol. The van der Waals surface area contributed by atoms with Crippen molar-refractivity contribution >= 4 is 0 Å². The highest BCUT2D eigenvalue weighted by molar-refractivity contribution is 4.82. The lowest BCUT2D eigenvalue weighted by Crippen LogP contribution is -2.22. The molecule has 0 bridgehead atoms. The molecule has 1 nitrogen and oxygen atoms in total. The molecule has 1 radical (unpaired) electrons. The number of hydrogen-bond acceptors (Lipinski definition) is 1. The Bertz CT molecular complexity index is 76.6. The van der Waals surface area contributed by atoms with Crippen LogP contribution in [0.2, 0.25) is 0 Å². The summed E-state index contributed by atoms with van der Waals surface area (Å²) in [5.74, 6) is 0. The molecule has 0 unspecified atom stereocenters. The standard InChI is InChI=1S/C8H15O/c1-8(9)6-4-2-3-5-7-8/h9H,1-7H2. The fourth-order valence-corrected chi connectivity index (χ4v) is 1.39. The summed E-state index contributed by atoms with van der Waals surface area (Å²) in [5, 5.41) is 9.44. The first-order valence-electron chi connectivity index (χ1n) is 3.78. The molecule has 0 aromatic rings. The number of aliphatic hydroxyl groups is 1. The van der Waals surface area contributed by atoms with Crippen molar-refractivity contribution in [2.45, 2.75) is 44.1 Å². The second-order valence-corrected chi connectivity index (χ2v) is 3.14. The van der Waals surface area contributed by atoms with Crippen LogP contribution in [0.1, 0.15) is 38.5 Å². The maximum Gasteiger partial charge on any atom is 0.0648 e. The van der Waals surface area contributed by atoms with Crippen molar-refractivity contribution in [2.75, 3.05) is 0 Å². The summed E-state index contributed by atoms with van der Waals surface area (Å²) in [4.78, 5) is 0. The Morgan fingerprint density at radius 2 is 1.44 bits per heavy atom. The van der Waals surface area contributed by atoms with E-state index in [9.17, 15) is 5.11 Å². The van der Waals surface area contributed by atoms with Gasteiger partial charge in [-0.25, -0.2) is 0 Å². The highest BCUT2D eigenvalue weighted by Gasteiger charge is 2.21. The lowest BCUT2D eigenvalue weighted by Gasteiger charge is -2.19. The molecule has 1 rings (SSSR count). The third kappa shape index (κ3) is 2.35. The Labute approximate surface area is 57.1 Å². The van der Waals surface area contributed by atoms with Crippen LogP contribution < -0.4 is 0 Å². The van der Waals surface area contributed by atoms with E-state index in [1.807, 2.05) is 0 Å². The summed E-state index contributed by atoms with van der Waals surface area (Å²) < 4.78 is 0. The first kappa shape index (κ1) is 7.07. The first-order chi connectivity index (χ1) is 4.21. The quantitative estimate of drug-likeness (QED) is 0.493. The van der Waals surface area contributed by atoms with Gasteiger partial charge in [-0.3, -0.25) is 0 Å². The maximum absolute atomic E-state index is 9.44. The van der Waals surface area contributed by atoms with Crippen molar-refractivity contribution in [2.24, 2.45) is 0 Å². The van der Waals surface area contributed by atoms with Crippen LogP contribution in [-0.2, 0) is 0 Å². The zero-order valence-corrected chi connectivity index (χ0v) is 5.90. The normalized spacial score (nSPS) is 27.3. The lowest BCUT2D eigenvalue weighted by atomic mass is 9.98. The van der Waals surface area contributed by atoms with E-state index in [0.29, 0.717) is 0 Å². The number of rotatable bonds is 0. The van der Waals surface area contributed by atoms with E-state index >= 15 is 0 Å².